The number of ketones is 1. The van der Waals surface area contributed by atoms with E-state index in [4.69, 9.17) is 0 Å². The van der Waals surface area contributed by atoms with E-state index in [1.165, 1.54) is 30.3 Å². The SMILES string of the molecule is O=C(/C=C/c1ccc(F)cc1)C(Cc1ccc(F)cc1)c1ccccc1. The maximum Gasteiger partial charge on any atom is 0.163 e. The molecule has 3 heteroatoms. The Kier molecular flexibility index (Phi) is 5.69. The highest BCUT2D eigenvalue weighted by atomic mass is 19.1. The van der Waals surface area contributed by atoms with Gasteiger partial charge in [-0.05, 0) is 53.5 Å². The number of rotatable bonds is 6. The van der Waals surface area contributed by atoms with E-state index in [1.54, 1.807) is 30.3 Å². The fourth-order valence-corrected chi connectivity index (χ4v) is 2.79. The van der Waals surface area contributed by atoms with Gasteiger partial charge in [0.15, 0.2) is 5.78 Å². The number of hydrogen-bond acceptors (Lipinski definition) is 1. The molecule has 0 heterocycles. The summed E-state index contributed by atoms with van der Waals surface area (Å²) in [4.78, 5) is 12.8. The van der Waals surface area contributed by atoms with Gasteiger partial charge in [-0.1, -0.05) is 60.7 Å². The van der Waals surface area contributed by atoms with Crippen molar-refractivity contribution in [3.05, 3.63) is 113 Å². The van der Waals surface area contributed by atoms with Crippen LogP contribution in [-0.4, -0.2) is 5.78 Å². The van der Waals surface area contributed by atoms with Gasteiger partial charge in [0.2, 0.25) is 0 Å². The van der Waals surface area contributed by atoms with Gasteiger partial charge in [0.05, 0.1) is 5.92 Å². The average molecular weight is 348 g/mol. The standard InChI is InChI=1S/C23H18F2O/c24-20-11-6-17(7-12-20)10-15-23(26)22(19-4-2-1-3-5-19)16-18-8-13-21(25)14-9-18/h1-15,22H,16H2/b15-10+. The van der Waals surface area contributed by atoms with Crippen molar-refractivity contribution < 1.29 is 13.6 Å². The van der Waals surface area contributed by atoms with Crippen molar-refractivity contribution in [1.82, 2.24) is 0 Å². The molecule has 0 saturated carbocycles. The Morgan fingerprint density at radius 3 is 2.00 bits per heavy atom. The molecule has 3 rings (SSSR count). The molecule has 1 unspecified atom stereocenters. The molecular weight excluding hydrogens is 330 g/mol. The molecule has 0 aromatic heterocycles. The average Bonchev–Trinajstić information content (AvgIpc) is 2.67. The number of allylic oxidation sites excluding steroid dienone is 1. The zero-order chi connectivity index (χ0) is 18.4. The lowest BCUT2D eigenvalue weighted by atomic mass is 9.88. The predicted octanol–water partition coefficient (Wildman–Crippen LogP) is 5.57. The van der Waals surface area contributed by atoms with E-state index in [9.17, 15) is 13.6 Å². The lowest BCUT2D eigenvalue weighted by Crippen LogP contribution is -2.13. The molecule has 0 amide bonds. The highest BCUT2D eigenvalue weighted by molar-refractivity contribution is 5.98. The Morgan fingerprint density at radius 1 is 0.808 bits per heavy atom. The normalized spacial score (nSPS) is 12.2. The molecular formula is C23H18F2O. The summed E-state index contributed by atoms with van der Waals surface area (Å²) in [6.45, 7) is 0. The van der Waals surface area contributed by atoms with Gasteiger partial charge < -0.3 is 0 Å². The first-order valence-corrected chi connectivity index (χ1v) is 8.39. The predicted molar refractivity (Wildman–Crippen MR) is 99.7 cm³/mol. The summed E-state index contributed by atoms with van der Waals surface area (Å²) < 4.78 is 26.1. The molecule has 0 bridgehead atoms. The fraction of sp³-hybridized carbons (Fsp3) is 0.0870. The first kappa shape index (κ1) is 17.7. The Morgan fingerprint density at radius 2 is 1.38 bits per heavy atom. The van der Waals surface area contributed by atoms with Gasteiger partial charge in [-0.15, -0.1) is 0 Å². The van der Waals surface area contributed by atoms with Crippen molar-refractivity contribution in [2.45, 2.75) is 12.3 Å². The first-order chi connectivity index (χ1) is 12.6. The van der Waals surface area contributed by atoms with Crippen LogP contribution in [0.4, 0.5) is 8.78 Å². The minimum absolute atomic E-state index is 0.0511. The van der Waals surface area contributed by atoms with Crippen LogP contribution in [0.15, 0.2) is 84.9 Å². The Balaban J connectivity index is 1.83. The maximum absolute atomic E-state index is 13.1. The van der Waals surface area contributed by atoms with Crippen molar-refractivity contribution in [1.29, 1.82) is 0 Å². The van der Waals surface area contributed by atoms with Gasteiger partial charge in [-0.3, -0.25) is 4.79 Å². The molecule has 0 radical (unpaired) electrons. The van der Waals surface area contributed by atoms with Crippen molar-refractivity contribution in [3.8, 4) is 0 Å². The van der Waals surface area contributed by atoms with Crippen LogP contribution < -0.4 is 0 Å². The minimum atomic E-state index is -0.363. The van der Waals surface area contributed by atoms with Crippen LogP contribution in [0.3, 0.4) is 0 Å². The largest absolute Gasteiger partial charge is 0.294 e. The second kappa shape index (κ2) is 8.34. The molecule has 0 aliphatic carbocycles. The Labute approximate surface area is 151 Å². The van der Waals surface area contributed by atoms with E-state index in [0.717, 1.165) is 16.7 Å². The Bertz CT molecular complexity index is 882. The van der Waals surface area contributed by atoms with E-state index in [0.29, 0.717) is 6.42 Å². The van der Waals surface area contributed by atoms with Crippen molar-refractivity contribution in [3.63, 3.8) is 0 Å². The quantitative estimate of drug-likeness (QED) is 0.532. The number of halogens is 2. The molecule has 3 aromatic carbocycles. The van der Waals surface area contributed by atoms with Gasteiger partial charge in [0.1, 0.15) is 11.6 Å². The number of carbonyl (C=O) groups is 1. The van der Waals surface area contributed by atoms with Crippen LogP contribution in [0.1, 0.15) is 22.6 Å². The topological polar surface area (TPSA) is 17.1 Å². The number of hydrogen-bond donors (Lipinski definition) is 0. The summed E-state index contributed by atoms with van der Waals surface area (Å²) in [6.07, 6.45) is 3.69. The van der Waals surface area contributed by atoms with Gasteiger partial charge >= 0.3 is 0 Å². The smallest absolute Gasteiger partial charge is 0.163 e. The maximum atomic E-state index is 13.1. The van der Waals surface area contributed by atoms with Gasteiger partial charge in [-0.2, -0.15) is 0 Å². The summed E-state index contributed by atoms with van der Waals surface area (Å²) in [7, 11) is 0. The van der Waals surface area contributed by atoms with Gasteiger partial charge in [0, 0.05) is 0 Å². The zero-order valence-corrected chi connectivity index (χ0v) is 14.1. The van der Waals surface area contributed by atoms with Crippen LogP contribution in [-0.2, 0) is 11.2 Å². The van der Waals surface area contributed by atoms with E-state index in [2.05, 4.69) is 0 Å². The highest BCUT2D eigenvalue weighted by Gasteiger charge is 2.19. The number of carbonyl (C=O) groups excluding carboxylic acids is 1. The molecule has 0 aliphatic heterocycles. The molecule has 0 aliphatic rings. The summed E-state index contributed by atoms with van der Waals surface area (Å²) in [5, 5.41) is 0. The van der Waals surface area contributed by atoms with Crippen molar-refractivity contribution in [2.75, 3.05) is 0 Å². The lowest BCUT2D eigenvalue weighted by Gasteiger charge is -2.15. The minimum Gasteiger partial charge on any atom is -0.294 e. The monoisotopic (exact) mass is 348 g/mol. The summed E-state index contributed by atoms with van der Waals surface area (Å²) >= 11 is 0. The summed E-state index contributed by atoms with van der Waals surface area (Å²) in [5.74, 6) is -1.03. The third-order valence-electron chi connectivity index (χ3n) is 4.21. The van der Waals surface area contributed by atoms with Crippen LogP contribution in [0, 0.1) is 11.6 Å². The summed E-state index contributed by atoms with van der Waals surface area (Å²) in [6, 6.07) is 21.7. The molecule has 0 spiro atoms. The third kappa shape index (κ3) is 4.73. The van der Waals surface area contributed by atoms with Gasteiger partial charge in [0.25, 0.3) is 0 Å². The van der Waals surface area contributed by atoms with E-state index in [-0.39, 0.29) is 23.3 Å². The van der Waals surface area contributed by atoms with E-state index in [1.807, 2.05) is 30.3 Å². The van der Waals surface area contributed by atoms with E-state index >= 15 is 0 Å². The molecule has 130 valence electrons. The molecule has 1 nitrogen and oxygen atoms in total. The second-order valence-corrected chi connectivity index (χ2v) is 6.08. The summed E-state index contributed by atoms with van der Waals surface area (Å²) in [5.41, 5.74) is 2.56. The molecule has 26 heavy (non-hydrogen) atoms. The van der Waals surface area contributed by atoms with Crippen LogP contribution in [0.25, 0.3) is 6.08 Å². The van der Waals surface area contributed by atoms with Crippen molar-refractivity contribution >= 4 is 11.9 Å². The lowest BCUT2D eigenvalue weighted by molar-refractivity contribution is -0.115. The number of benzene rings is 3. The highest BCUT2D eigenvalue weighted by Crippen LogP contribution is 2.23. The first-order valence-electron chi connectivity index (χ1n) is 8.39. The molecule has 0 fully saturated rings. The molecule has 0 saturated heterocycles. The zero-order valence-electron chi connectivity index (χ0n) is 14.1. The van der Waals surface area contributed by atoms with Gasteiger partial charge in [-0.25, -0.2) is 8.78 Å². The van der Waals surface area contributed by atoms with Crippen molar-refractivity contribution in [2.24, 2.45) is 0 Å². The Hall–Kier alpha value is -3.07. The molecule has 3 aromatic rings. The molecule has 0 N–H and O–H groups in total. The fourth-order valence-electron chi connectivity index (χ4n) is 2.79. The second-order valence-electron chi connectivity index (χ2n) is 6.08. The third-order valence-corrected chi connectivity index (χ3v) is 4.21. The van der Waals surface area contributed by atoms with Crippen LogP contribution in [0.5, 0.6) is 0 Å². The van der Waals surface area contributed by atoms with E-state index < -0.39 is 0 Å². The molecule has 1 atom stereocenters. The van der Waals surface area contributed by atoms with Crippen LogP contribution >= 0.6 is 0 Å². The van der Waals surface area contributed by atoms with Crippen LogP contribution in [0.2, 0.25) is 0 Å².